The van der Waals surface area contributed by atoms with E-state index in [4.69, 9.17) is 5.11 Å². The van der Waals surface area contributed by atoms with E-state index in [-0.39, 0.29) is 6.61 Å². The van der Waals surface area contributed by atoms with Gasteiger partial charge in [-0.25, -0.2) is 0 Å². The molecular weight excluding hydrogens is 198 g/mol. The number of aliphatic hydroxyl groups is 1. The molecule has 1 heterocycles. The van der Waals surface area contributed by atoms with Crippen molar-refractivity contribution in [3.63, 3.8) is 0 Å². The minimum Gasteiger partial charge on any atom is -0.392 e. The number of likely N-dealkylation sites (tertiary alicyclic amines) is 1. The van der Waals surface area contributed by atoms with Crippen molar-refractivity contribution in [3.05, 3.63) is 35.4 Å². The summed E-state index contributed by atoms with van der Waals surface area (Å²) in [7, 11) is 0. The van der Waals surface area contributed by atoms with E-state index in [1.54, 1.807) is 0 Å². The Morgan fingerprint density at radius 1 is 1.12 bits per heavy atom. The molecule has 1 aliphatic heterocycles. The van der Waals surface area contributed by atoms with Crippen LogP contribution in [0.2, 0.25) is 0 Å². The summed E-state index contributed by atoms with van der Waals surface area (Å²) in [5.74, 6) is 0.896. The number of rotatable bonds is 3. The lowest BCUT2D eigenvalue weighted by Gasteiger charge is -2.30. The third-order valence-corrected chi connectivity index (χ3v) is 3.49. The minimum absolute atomic E-state index is 0.140. The Hall–Kier alpha value is -0.860. The molecule has 0 saturated carbocycles. The van der Waals surface area contributed by atoms with Crippen molar-refractivity contribution < 1.29 is 5.11 Å². The molecule has 1 aliphatic rings. The molecule has 0 aromatic heterocycles. The number of piperidine rings is 1. The molecule has 1 saturated heterocycles. The summed E-state index contributed by atoms with van der Waals surface area (Å²) in [6.07, 6.45) is 2.66. The first-order valence-electron chi connectivity index (χ1n) is 6.19. The molecule has 16 heavy (non-hydrogen) atoms. The van der Waals surface area contributed by atoms with E-state index in [0.717, 1.165) is 18.0 Å². The van der Waals surface area contributed by atoms with Gasteiger partial charge < -0.3 is 5.11 Å². The first kappa shape index (κ1) is 11.6. The van der Waals surface area contributed by atoms with Crippen molar-refractivity contribution in [3.8, 4) is 0 Å². The van der Waals surface area contributed by atoms with Crippen LogP contribution in [0.4, 0.5) is 0 Å². The van der Waals surface area contributed by atoms with Crippen molar-refractivity contribution in [2.45, 2.75) is 32.9 Å². The summed E-state index contributed by atoms with van der Waals surface area (Å²) in [5.41, 5.74) is 2.35. The molecule has 0 radical (unpaired) electrons. The minimum atomic E-state index is 0.140. The molecule has 1 aromatic carbocycles. The number of hydrogen-bond acceptors (Lipinski definition) is 2. The average Bonchev–Trinajstić information content (AvgIpc) is 2.33. The summed E-state index contributed by atoms with van der Waals surface area (Å²) < 4.78 is 0. The van der Waals surface area contributed by atoms with Gasteiger partial charge in [-0.1, -0.05) is 31.2 Å². The third-order valence-electron chi connectivity index (χ3n) is 3.49. The van der Waals surface area contributed by atoms with Crippen LogP contribution in [0.5, 0.6) is 0 Å². The van der Waals surface area contributed by atoms with E-state index < -0.39 is 0 Å². The van der Waals surface area contributed by atoms with Crippen LogP contribution in [0.1, 0.15) is 30.9 Å². The molecule has 2 nitrogen and oxygen atoms in total. The SMILES string of the molecule is CC1CCN(Cc2ccc(CO)cc2)CC1. The van der Waals surface area contributed by atoms with Crippen molar-refractivity contribution in [2.24, 2.45) is 5.92 Å². The Bertz CT molecular complexity index is 312. The van der Waals surface area contributed by atoms with Crippen LogP contribution < -0.4 is 0 Å². The van der Waals surface area contributed by atoms with Gasteiger partial charge in [0.2, 0.25) is 0 Å². The summed E-state index contributed by atoms with van der Waals surface area (Å²) in [5, 5.41) is 8.97. The van der Waals surface area contributed by atoms with Crippen LogP contribution in [0.3, 0.4) is 0 Å². The Kier molecular flexibility index (Phi) is 3.97. The highest BCUT2D eigenvalue weighted by Crippen LogP contribution is 2.18. The fraction of sp³-hybridized carbons (Fsp3) is 0.571. The van der Waals surface area contributed by atoms with Crippen LogP contribution >= 0.6 is 0 Å². The van der Waals surface area contributed by atoms with Crippen molar-refractivity contribution in [1.29, 1.82) is 0 Å². The second-order valence-corrected chi connectivity index (χ2v) is 4.93. The van der Waals surface area contributed by atoms with E-state index in [2.05, 4.69) is 24.0 Å². The molecule has 0 unspecified atom stereocenters. The molecule has 1 aromatic rings. The largest absolute Gasteiger partial charge is 0.392 e. The van der Waals surface area contributed by atoms with Gasteiger partial charge in [-0.05, 0) is 43.0 Å². The number of benzene rings is 1. The monoisotopic (exact) mass is 219 g/mol. The molecule has 0 amide bonds. The first-order valence-corrected chi connectivity index (χ1v) is 6.19. The lowest BCUT2D eigenvalue weighted by molar-refractivity contribution is 0.185. The van der Waals surface area contributed by atoms with Gasteiger partial charge in [0.25, 0.3) is 0 Å². The van der Waals surface area contributed by atoms with Crippen molar-refractivity contribution in [1.82, 2.24) is 4.90 Å². The second kappa shape index (κ2) is 5.46. The van der Waals surface area contributed by atoms with Gasteiger partial charge >= 0.3 is 0 Å². The topological polar surface area (TPSA) is 23.5 Å². The summed E-state index contributed by atoms with van der Waals surface area (Å²) >= 11 is 0. The predicted octanol–water partition coefficient (Wildman–Crippen LogP) is 2.41. The summed E-state index contributed by atoms with van der Waals surface area (Å²) in [4.78, 5) is 2.52. The fourth-order valence-electron chi connectivity index (χ4n) is 2.23. The average molecular weight is 219 g/mol. The lowest BCUT2D eigenvalue weighted by atomic mass is 9.99. The predicted molar refractivity (Wildman–Crippen MR) is 66.0 cm³/mol. The maximum Gasteiger partial charge on any atom is 0.0681 e. The number of nitrogens with zero attached hydrogens (tertiary/aromatic N) is 1. The third kappa shape index (κ3) is 3.06. The van der Waals surface area contributed by atoms with Crippen LogP contribution in [-0.4, -0.2) is 23.1 Å². The molecule has 0 aliphatic carbocycles. The molecule has 2 rings (SSSR count). The Morgan fingerprint density at radius 2 is 1.69 bits per heavy atom. The molecule has 0 spiro atoms. The van der Waals surface area contributed by atoms with Crippen molar-refractivity contribution in [2.75, 3.05) is 13.1 Å². The normalized spacial score (nSPS) is 18.9. The fourth-order valence-corrected chi connectivity index (χ4v) is 2.23. The van der Waals surface area contributed by atoms with E-state index >= 15 is 0 Å². The summed E-state index contributed by atoms with van der Waals surface area (Å²) in [6, 6.07) is 8.29. The maximum absolute atomic E-state index is 8.97. The Morgan fingerprint density at radius 3 is 2.25 bits per heavy atom. The van der Waals surface area contributed by atoms with Crippen molar-refractivity contribution >= 4 is 0 Å². The van der Waals surface area contributed by atoms with Gasteiger partial charge in [0, 0.05) is 6.54 Å². The second-order valence-electron chi connectivity index (χ2n) is 4.93. The van der Waals surface area contributed by atoms with Crippen LogP contribution in [0.15, 0.2) is 24.3 Å². The molecule has 88 valence electrons. The zero-order valence-corrected chi connectivity index (χ0v) is 10.0. The van der Waals surface area contributed by atoms with Gasteiger partial charge in [-0.2, -0.15) is 0 Å². The molecule has 2 heteroatoms. The zero-order valence-electron chi connectivity index (χ0n) is 10.0. The Labute approximate surface area is 97.9 Å². The van der Waals surface area contributed by atoms with Gasteiger partial charge in [0.05, 0.1) is 6.61 Å². The van der Waals surface area contributed by atoms with Gasteiger partial charge in [-0.15, -0.1) is 0 Å². The van der Waals surface area contributed by atoms with E-state index in [1.807, 2.05) is 12.1 Å². The highest BCUT2D eigenvalue weighted by atomic mass is 16.3. The zero-order chi connectivity index (χ0) is 11.4. The maximum atomic E-state index is 8.97. The van der Waals surface area contributed by atoms with Gasteiger partial charge in [0.15, 0.2) is 0 Å². The van der Waals surface area contributed by atoms with Gasteiger partial charge in [-0.3, -0.25) is 4.90 Å². The first-order chi connectivity index (χ1) is 7.78. The summed E-state index contributed by atoms with van der Waals surface area (Å²) in [6.45, 7) is 5.99. The van der Waals surface area contributed by atoms with E-state index in [9.17, 15) is 0 Å². The molecule has 0 atom stereocenters. The molecule has 0 bridgehead atoms. The van der Waals surface area contributed by atoms with Crippen LogP contribution in [-0.2, 0) is 13.2 Å². The molecular formula is C14H21NO. The van der Waals surface area contributed by atoms with E-state index in [1.165, 1.54) is 31.5 Å². The standard InChI is InChI=1S/C14H21NO/c1-12-6-8-15(9-7-12)10-13-2-4-14(11-16)5-3-13/h2-5,12,16H,6-11H2,1H3. The molecule has 1 fully saturated rings. The smallest absolute Gasteiger partial charge is 0.0681 e. The van der Waals surface area contributed by atoms with Crippen LogP contribution in [0, 0.1) is 5.92 Å². The van der Waals surface area contributed by atoms with E-state index in [0.29, 0.717) is 0 Å². The number of hydrogen-bond donors (Lipinski definition) is 1. The van der Waals surface area contributed by atoms with Crippen LogP contribution in [0.25, 0.3) is 0 Å². The quantitative estimate of drug-likeness (QED) is 0.844. The Balaban J connectivity index is 1.88. The lowest BCUT2D eigenvalue weighted by Crippen LogP contribution is -2.32. The molecule has 1 N–H and O–H groups in total. The highest BCUT2D eigenvalue weighted by molar-refractivity contribution is 5.21. The number of aliphatic hydroxyl groups excluding tert-OH is 1. The highest BCUT2D eigenvalue weighted by Gasteiger charge is 2.15. The van der Waals surface area contributed by atoms with Gasteiger partial charge in [0.1, 0.15) is 0 Å².